The van der Waals surface area contributed by atoms with Crippen LogP contribution in [0.3, 0.4) is 0 Å². The summed E-state index contributed by atoms with van der Waals surface area (Å²) in [4.78, 5) is 29.1. The van der Waals surface area contributed by atoms with Crippen LogP contribution < -0.4 is 5.73 Å². The lowest BCUT2D eigenvalue weighted by Gasteiger charge is -2.15. The number of imide groups is 1. The summed E-state index contributed by atoms with van der Waals surface area (Å²) in [5.41, 5.74) is 4.46. The number of hydrogen-bond acceptors (Lipinski definition) is 6. The van der Waals surface area contributed by atoms with Crippen molar-refractivity contribution in [3.05, 3.63) is 11.7 Å². The molecule has 0 radical (unpaired) electrons. The smallest absolute Gasteiger partial charge is 0.246 e. The van der Waals surface area contributed by atoms with Crippen LogP contribution in [0.2, 0.25) is 0 Å². The Kier molecular flexibility index (Phi) is 2.97. The fraction of sp³-hybridized carbons (Fsp3) is 0.667. The van der Waals surface area contributed by atoms with Crippen LogP contribution in [0.4, 0.5) is 0 Å². The van der Waals surface area contributed by atoms with Crippen molar-refractivity contribution in [2.45, 2.75) is 46.2 Å². The molecule has 0 atom stereocenters. The third-order valence-corrected chi connectivity index (χ3v) is 3.06. The Hall–Kier alpha value is -1.76. The van der Waals surface area contributed by atoms with E-state index in [1.807, 2.05) is 0 Å². The van der Waals surface area contributed by atoms with Crippen LogP contribution in [0.5, 0.6) is 0 Å². The molecule has 0 aromatic carbocycles. The maximum atomic E-state index is 12.0. The van der Waals surface area contributed by atoms with Gasteiger partial charge in [-0.05, 0) is 13.8 Å². The summed E-state index contributed by atoms with van der Waals surface area (Å²) in [5.74, 6) is 0.125. The van der Waals surface area contributed by atoms with Crippen LogP contribution in [-0.4, -0.2) is 26.9 Å². The van der Waals surface area contributed by atoms with Gasteiger partial charge in [-0.25, -0.2) is 0 Å². The van der Waals surface area contributed by atoms with E-state index in [9.17, 15) is 9.59 Å². The zero-order valence-electron chi connectivity index (χ0n) is 11.6. The van der Waals surface area contributed by atoms with Crippen molar-refractivity contribution >= 4 is 11.8 Å². The number of aromatic nitrogens is 2. The highest BCUT2D eigenvalue weighted by atomic mass is 16.5. The lowest BCUT2D eigenvalue weighted by Crippen LogP contribution is -2.33. The third-order valence-electron chi connectivity index (χ3n) is 3.06. The lowest BCUT2D eigenvalue weighted by molar-refractivity contribution is -0.141. The van der Waals surface area contributed by atoms with Crippen molar-refractivity contribution in [2.24, 2.45) is 11.1 Å². The molecule has 2 amide bonds. The minimum atomic E-state index is -0.722. The Balaban J connectivity index is 2.16. The number of carbonyl (C=O) groups excluding carboxylic acids is 2. The predicted molar refractivity (Wildman–Crippen MR) is 65.5 cm³/mol. The van der Waals surface area contributed by atoms with Crippen molar-refractivity contribution in [2.75, 3.05) is 0 Å². The van der Waals surface area contributed by atoms with Gasteiger partial charge in [0, 0.05) is 6.42 Å². The molecular weight excluding hydrogens is 248 g/mol. The van der Waals surface area contributed by atoms with Crippen LogP contribution in [0, 0.1) is 5.41 Å². The molecular formula is C12H18N4O3. The minimum Gasteiger partial charge on any atom is -0.337 e. The van der Waals surface area contributed by atoms with Gasteiger partial charge in [-0.15, -0.1) is 0 Å². The molecule has 0 aliphatic carbocycles. The molecule has 1 aliphatic heterocycles. The number of nitrogens with two attached hydrogens (primary N) is 1. The molecule has 1 saturated heterocycles. The van der Waals surface area contributed by atoms with Crippen molar-refractivity contribution < 1.29 is 14.1 Å². The highest BCUT2D eigenvalue weighted by Crippen LogP contribution is 2.32. The SMILES string of the molecule is CC1(C)CC(=O)N(Cc2nc(C(C)(C)N)no2)C1=O. The maximum absolute atomic E-state index is 12.0. The molecule has 19 heavy (non-hydrogen) atoms. The lowest BCUT2D eigenvalue weighted by atomic mass is 9.92. The van der Waals surface area contributed by atoms with Crippen LogP contribution >= 0.6 is 0 Å². The van der Waals surface area contributed by atoms with Crippen molar-refractivity contribution in [1.29, 1.82) is 0 Å². The molecule has 0 unspecified atom stereocenters. The Labute approximate surface area is 111 Å². The predicted octanol–water partition coefficient (Wildman–Crippen LogP) is 0.548. The molecule has 2 rings (SSSR count). The third kappa shape index (κ3) is 2.51. The van der Waals surface area contributed by atoms with E-state index in [0.29, 0.717) is 5.82 Å². The molecule has 0 saturated carbocycles. The zero-order valence-corrected chi connectivity index (χ0v) is 11.6. The van der Waals surface area contributed by atoms with Crippen LogP contribution in [0.25, 0.3) is 0 Å². The minimum absolute atomic E-state index is 0.00414. The fourth-order valence-corrected chi connectivity index (χ4v) is 1.90. The van der Waals surface area contributed by atoms with Gasteiger partial charge in [0.15, 0.2) is 5.82 Å². The van der Waals surface area contributed by atoms with E-state index in [2.05, 4.69) is 10.1 Å². The zero-order chi connectivity index (χ0) is 14.4. The van der Waals surface area contributed by atoms with Gasteiger partial charge in [0.1, 0.15) is 6.54 Å². The highest BCUT2D eigenvalue weighted by molar-refractivity contribution is 6.05. The molecule has 7 nitrogen and oxygen atoms in total. The number of amides is 2. The van der Waals surface area contributed by atoms with Crippen molar-refractivity contribution in [3.8, 4) is 0 Å². The van der Waals surface area contributed by atoms with Crippen LogP contribution in [0.15, 0.2) is 4.52 Å². The van der Waals surface area contributed by atoms with Gasteiger partial charge in [0.2, 0.25) is 17.7 Å². The molecule has 104 valence electrons. The number of carbonyl (C=O) groups is 2. The first-order valence-electron chi connectivity index (χ1n) is 6.08. The molecule has 0 bridgehead atoms. The van der Waals surface area contributed by atoms with E-state index in [0.717, 1.165) is 4.90 Å². The summed E-state index contributed by atoms with van der Waals surface area (Å²) in [7, 11) is 0. The second-order valence-corrected chi connectivity index (χ2v) is 6.08. The molecule has 1 aliphatic rings. The summed E-state index contributed by atoms with van der Waals surface area (Å²) < 4.78 is 5.03. The van der Waals surface area contributed by atoms with Crippen LogP contribution in [0.1, 0.15) is 45.8 Å². The molecule has 1 aromatic rings. The second-order valence-electron chi connectivity index (χ2n) is 6.08. The van der Waals surface area contributed by atoms with Gasteiger partial charge in [-0.2, -0.15) is 4.98 Å². The first-order chi connectivity index (χ1) is 8.61. The largest absolute Gasteiger partial charge is 0.337 e. The second kappa shape index (κ2) is 4.12. The fourth-order valence-electron chi connectivity index (χ4n) is 1.90. The van der Waals surface area contributed by atoms with Gasteiger partial charge >= 0.3 is 0 Å². The van der Waals surface area contributed by atoms with Crippen LogP contribution in [-0.2, 0) is 21.7 Å². The molecule has 2 N–H and O–H groups in total. The molecule has 1 aromatic heterocycles. The molecule has 1 fully saturated rings. The van der Waals surface area contributed by atoms with E-state index in [4.69, 9.17) is 10.3 Å². The Bertz CT molecular complexity index is 527. The first kappa shape index (κ1) is 13.7. The van der Waals surface area contributed by atoms with E-state index in [1.54, 1.807) is 27.7 Å². The van der Waals surface area contributed by atoms with Gasteiger partial charge < -0.3 is 10.3 Å². The van der Waals surface area contributed by atoms with Crippen molar-refractivity contribution in [1.82, 2.24) is 15.0 Å². The van der Waals surface area contributed by atoms with Gasteiger partial charge in [-0.3, -0.25) is 14.5 Å². The van der Waals surface area contributed by atoms with Gasteiger partial charge in [-0.1, -0.05) is 19.0 Å². The summed E-state index contributed by atoms with van der Waals surface area (Å²) in [6.45, 7) is 6.99. The Morgan fingerprint density at radius 2 is 2.05 bits per heavy atom. The highest BCUT2D eigenvalue weighted by Gasteiger charge is 2.45. The first-order valence-corrected chi connectivity index (χ1v) is 6.08. The Morgan fingerprint density at radius 1 is 1.42 bits per heavy atom. The van der Waals surface area contributed by atoms with E-state index in [1.165, 1.54) is 0 Å². The summed E-state index contributed by atoms with van der Waals surface area (Å²) in [6.07, 6.45) is 0.204. The standard InChI is InChI=1S/C12H18N4O3/c1-11(2)5-8(17)16(10(11)18)6-7-14-9(15-19-7)12(3,4)13/h5-6,13H2,1-4H3. The number of hydrogen-bond donors (Lipinski definition) is 1. The normalized spacial score (nSPS) is 19.3. The number of nitrogens with zero attached hydrogens (tertiary/aromatic N) is 3. The average Bonchev–Trinajstić information content (AvgIpc) is 2.77. The molecule has 0 spiro atoms. The summed E-state index contributed by atoms with van der Waals surface area (Å²) in [5, 5.41) is 3.76. The van der Waals surface area contributed by atoms with Gasteiger partial charge in [0.05, 0.1) is 11.0 Å². The molecule has 2 heterocycles. The average molecular weight is 266 g/mol. The van der Waals surface area contributed by atoms with E-state index in [-0.39, 0.29) is 30.7 Å². The number of rotatable bonds is 3. The topological polar surface area (TPSA) is 102 Å². The van der Waals surface area contributed by atoms with Crippen molar-refractivity contribution in [3.63, 3.8) is 0 Å². The summed E-state index contributed by atoms with van der Waals surface area (Å²) >= 11 is 0. The molecule has 7 heteroatoms. The van der Waals surface area contributed by atoms with E-state index >= 15 is 0 Å². The quantitative estimate of drug-likeness (QED) is 0.801. The Morgan fingerprint density at radius 3 is 2.47 bits per heavy atom. The monoisotopic (exact) mass is 266 g/mol. The van der Waals surface area contributed by atoms with E-state index < -0.39 is 11.0 Å². The maximum Gasteiger partial charge on any atom is 0.246 e. The number of likely N-dealkylation sites (tertiary alicyclic amines) is 1. The summed E-state index contributed by atoms with van der Waals surface area (Å²) in [6, 6.07) is 0. The van der Waals surface area contributed by atoms with Gasteiger partial charge in [0.25, 0.3) is 0 Å².